The van der Waals surface area contributed by atoms with Gasteiger partial charge in [-0.15, -0.1) is 0 Å². The van der Waals surface area contributed by atoms with Gasteiger partial charge in [0.2, 0.25) is 0 Å². The summed E-state index contributed by atoms with van der Waals surface area (Å²) in [6, 6.07) is 10.2. The molecule has 0 bridgehead atoms. The fourth-order valence-corrected chi connectivity index (χ4v) is 3.91. The summed E-state index contributed by atoms with van der Waals surface area (Å²) >= 11 is 0. The molecule has 0 aromatic heterocycles. The lowest BCUT2D eigenvalue weighted by Crippen LogP contribution is -2.12. The van der Waals surface area contributed by atoms with E-state index in [9.17, 15) is 8.42 Å². The highest BCUT2D eigenvalue weighted by atomic mass is 32.2. The molecule has 4 heteroatoms. The summed E-state index contributed by atoms with van der Waals surface area (Å²) in [7, 11) is -2.30. The van der Waals surface area contributed by atoms with Crippen LogP contribution in [0.25, 0.3) is 0 Å². The lowest BCUT2D eigenvalue weighted by molar-refractivity contribution is 0.436. The van der Waals surface area contributed by atoms with Gasteiger partial charge in [0.15, 0.2) is 0 Å². The van der Waals surface area contributed by atoms with E-state index >= 15 is 0 Å². The van der Waals surface area contributed by atoms with Crippen molar-refractivity contribution in [1.82, 2.24) is 0 Å². The van der Waals surface area contributed by atoms with Crippen LogP contribution < -0.4 is 0 Å². The summed E-state index contributed by atoms with van der Waals surface area (Å²) in [6.07, 6.45) is 6.78. The van der Waals surface area contributed by atoms with Crippen LogP contribution in [-0.4, -0.2) is 14.5 Å². The van der Waals surface area contributed by atoms with Crippen molar-refractivity contribution < 1.29 is 8.42 Å². The molecule has 0 aliphatic heterocycles. The first kappa shape index (κ1) is 16.2. The van der Waals surface area contributed by atoms with E-state index in [1.165, 1.54) is 24.8 Å². The average Bonchev–Trinajstić information content (AvgIpc) is 3.13. The van der Waals surface area contributed by atoms with Crippen LogP contribution in [0.3, 0.4) is 0 Å². The Morgan fingerprint density at radius 2 is 2.00 bits per heavy atom. The predicted molar refractivity (Wildman–Crippen MR) is 85.8 cm³/mol. The molecule has 0 heterocycles. The predicted octanol–water partition coefficient (Wildman–Crippen LogP) is 4.37. The summed E-state index contributed by atoms with van der Waals surface area (Å²) in [5, 5.41) is 0. The van der Waals surface area contributed by atoms with Crippen molar-refractivity contribution in [3.8, 4) is 0 Å². The van der Waals surface area contributed by atoms with Crippen molar-refractivity contribution in [2.75, 3.05) is 0 Å². The molecule has 21 heavy (non-hydrogen) atoms. The van der Waals surface area contributed by atoms with Gasteiger partial charge in [-0.1, -0.05) is 69.9 Å². The Bertz CT molecular complexity index is 574. The third-order valence-corrected chi connectivity index (χ3v) is 5.13. The minimum absolute atomic E-state index is 0.0345. The molecule has 1 fully saturated rings. The van der Waals surface area contributed by atoms with Gasteiger partial charge in [-0.05, 0) is 24.3 Å². The molecule has 116 valence electrons. The van der Waals surface area contributed by atoms with E-state index < -0.39 is 10.5 Å². The standard InChI is InChI=1S/C17H25NO2S/c1-3-8-14(2)9-7-12-17(13-16(17)18-21(19)20)15-10-5-4-6-11-15/h4-6,10-11,14,16H,3,7-9,12-13H2,1-2H3. The van der Waals surface area contributed by atoms with Gasteiger partial charge < -0.3 is 0 Å². The molecule has 0 N–H and O–H groups in total. The molecule has 3 unspecified atom stereocenters. The molecule has 1 saturated carbocycles. The molecule has 0 amide bonds. The van der Waals surface area contributed by atoms with Gasteiger partial charge in [0.1, 0.15) is 0 Å². The summed E-state index contributed by atoms with van der Waals surface area (Å²) in [4.78, 5) is 0. The number of nitrogens with zero attached hydrogens (tertiary/aromatic N) is 1. The maximum atomic E-state index is 10.9. The highest BCUT2D eigenvalue weighted by Crippen LogP contribution is 2.54. The topological polar surface area (TPSA) is 46.5 Å². The molecule has 0 saturated heterocycles. The van der Waals surface area contributed by atoms with E-state index in [1.54, 1.807) is 0 Å². The molecule has 1 aliphatic rings. The van der Waals surface area contributed by atoms with Crippen molar-refractivity contribution >= 4 is 10.5 Å². The fraction of sp³-hybridized carbons (Fsp3) is 0.647. The molecule has 3 nitrogen and oxygen atoms in total. The molecule has 2 rings (SSSR count). The normalized spacial score (nSPS) is 25.3. The lowest BCUT2D eigenvalue weighted by Gasteiger charge is -2.18. The van der Waals surface area contributed by atoms with Gasteiger partial charge in [0.05, 0.1) is 6.04 Å². The van der Waals surface area contributed by atoms with Crippen LogP contribution in [0.15, 0.2) is 34.7 Å². The summed E-state index contributed by atoms with van der Waals surface area (Å²) in [5.41, 5.74) is 1.21. The fourth-order valence-electron chi connectivity index (χ4n) is 3.42. The van der Waals surface area contributed by atoms with E-state index in [4.69, 9.17) is 0 Å². The van der Waals surface area contributed by atoms with Crippen LogP contribution >= 0.6 is 0 Å². The molecule has 1 aromatic rings. The largest absolute Gasteiger partial charge is 0.311 e. The van der Waals surface area contributed by atoms with Crippen LogP contribution in [0.2, 0.25) is 0 Å². The molecule has 0 spiro atoms. The van der Waals surface area contributed by atoms with Crippen LogP contribution in [0.4, 0.5) is 0 Å². The highest BCUT2D eigenvalue weighted by molar-refractivity contribution is 7.61. The second-order valence-corrected chi connectivity index (χ2v) is 7.00. The van der Waals surface area contributed by atoms with Crippen LogP contribution in [0.1, 0.15) is 57.9 Å². The van der Waals surface area contributed by atoms with E-state index in [1.807, 2.05) is 18.2 Å². The Balaban J connectivity index is 2.04. The maximum Gasteiger partial charge on any atom is 0.311 e. The molecule has 1 aromatic carbocycles. The minimum Gasteiger partial charge on any atom is -0.168 e. The van der Waals surface area contributed by atoms with Gasteiger partial charge in [-0.2, -0.15) is 12.8 Å². The lowest BCUT2D eigenvalue weighted by atomic mass is 9.87. The number of benzene rings is 1. The van der Waals surface area contributed by atoms with Crippen molar-refractivity contribution in [2.45, 2.75) is 63.8 Å². The van der Waals surface area contributed by atoms with Gasteiger partial charge in [0.25, 0.3) is 0 Å². The van der Waals surface area contributed by atoms with E-state index in [0.717, 1.165) is 25.2 Å². The second-order valence-electron chi connectivity index (χ2n) is 6.35. The first-order valence-electron chi connectivity index (χ1n) is 7.94. The van der Waals surface area contributed by atoms with Crippen molar-refractivity contribution in [2.24, 2.45) is 10.3 Å². The molecule has 0 radical (unpaired) electrons. The summed E-state index contributed by atoms with van der Waals surface area (Å²) in [5.74, 6) is 0.755. The van der Waals surface area contributed by atoms with Crippen molar-refractivity contribution in [1.29, 1.82) is 0 Å². The van der Waals surface area contributed by atoms with Gasteiger partial charge in [-0.3, -0.25) is 0 Å². The maximum absolute atomic E-state index is 10.9. The smallest absolute Gasteiger partial charge is 0.168 e. The monoisotopic (exact) mass is 307 g/mol. The highest BCUT2D eigenvalue weighted by Gasteiger charge is 2.55. The molecular weight excluding hydrogens is 282 g/mol. The van der Waals surface area contributed by atoms with E-state index in [-0.39, 0.29) is 11.5 Å². The molecule has 3 atom stereocenters. The van der Waals surface area contributed by atoms with Gasteiger partial charge in [-0.25, -0.2) is 0 Å². The summed E-state index contributed by atoms with van der Waals surface area (Å²) in [6.45, 7) is 4.53. The van der Waals surface area contributed by atoms with Crippen molar-refractivity contribution in [3.63, 3.8) is 0 Å². The minimum atomic E-state index is -2.30. The van der Waals surface area contributed by atoms with Gasteiger partial charge in [0, 0.05) is 5.41 Å². The van der Waals surface area contributed by atoms with Crippen LogP contribution in [-0.2, 0) is 15.9 Å². The van der Waals surface area contributed by atoms with Gasteiger partial charge >= 0.3 is 10.5 Å². The van der Waals surface area contributed by atoms with E-state index in [0.29, 0.717) is 0 Å². The Morgan fingerprint density at radius 3 is 2.62 bits per heavy atom. The van der Waals surface area contributed by atoms with Crippen LogP contribution in [0, 0.1) is 5.92 Å². The first-order chi connectivity index (χ1) is 10.1. The zero-order valence-corrected chi connectivity index (χ0v) is 13.8. The SMILES string of the molecule is CCCC(C)CCCC1(c2ccccc2)CC1N=S(=O)=O. The third-order valence-electron chi connectivity index (χ3n) is 4.70. The third kappa shape index (κ3) is 4.16. The number of hydrogen-bond acceptors (Lipinski definition) is 3. The molecular formula is C17H25NO2S. The zero-order valence-electron chi connectivity index (χ0n) is 13.0. The quantitative estimate of drug-likeness (QED) is 0.716. The average molecular weight is 307 g/mol. The Morgan fingerprint density at radius 1 is 1.29 bits per heavy atom. The van der Waals surface area contributed by atoms with E-state index in [2.05, 4.69) is 30.3 Å². The Hall–Kier alpha value is -1.16. The molecule has 1 aliphatic carbocycles. The number of rotatable bonds is 8. The number of hydrogen-bond donors (Lipinski definition) is 0. The Labute approximate surface area is 129 Å². The Kier molecular flexibility index (Phi) is 5.57. The zero-order chi connectivity index (χ0) is 15.3. The van der Waals surface area contributed by atoms with Crippen LogP contribution in [0.5, 0.6) is 0 Å². The van der Waals surface area contributed by atoms with Crippen molar-refractivity contribution in [3.05, 3.63) is 35.9 Å². The summed E-state index contributed by atoms with van der Waals surface area (Å²) < 4.78 is 25.6. The first-order valence-corrected chi connectivity index (χ1v) is 8.97. The second kappa shape index (κ2) is 7.21.